The van der Waals surface area contributed by atoms with Gasteiger partial charge in [0, 0.05) is 0 Å². The summed E-state index contributed by atoms with van der Waals surface area (Å²) >= 11 is 0. The van der Waals surface area contributed by atoms with E-state index in [2.05, 4.69) is 20.8 Å². The lowest BCUT2D eigenvalue weighted by atomic mass is 10.0. The van der Waals surface area contributed by atoms with Gasteiger partial charge in [0.05, 0.1) is 0 Å². The van der Waals surface area contributed by atoms with Crippen LogP contribution in [0.5, 0.6) is 0 Å². The maximum absolute atomic E-state index is 2.30. The number of rotatable bonds is 2. The van der Waals surface area contributed by atoms with Crippen LogP contribution < -0.4 is 0 Å². The van der Waals surface area contributed by atoms with Crippen molar-refractivity contribution in [1.29, 1.82) is 0 Å². The van der Waals surface area contributed by atoms with Crippen molar-refractivity contribution in [3.63, 3.8) is 0 Å². The average Bonchev–Trinajstić information content (AvgIpc) is 2.15. The molecule has 10 heavy (non-hydrogen) atoms. The van der Waals surface area contributed by atoms with Gasteiger partial charge in [-0.2, -0.15) is 0 Å². The molecule has 0 nitrogen and oxygen atoms in total. The first-order chi connectivity index (χ1) is 4.70. The topological polar surface area (TPSA) is 0 Å². The van der Waals surface area contributed by atoms with Crippen LogP contribution in [-0.2, 0) is 0 Å². The van der Waals surface area contributed by atoms with Gasteiger partial charge in [-0.05, 0) is 38.5 Å². The third-order valence-corrected chi connectivity index (χ3v) is 2.29. The second-order valence-electron chi connectivity index (χ2n) is 3.84. The van der Waals surface area contributed by atoms with Crippen LogP contribution in [0.2, 0.25) is 0 Å². The molecule has 0 fully saturated rings. The van der Waals surface area contributed by atoms with E-state index in [-0.39, 0.29) is 0 Å². The quantitative estimate of drug-likeness (QED) is 0.512. The number of hydrogen-bond acceptors (Lipinski definition) is 0. The molecule has 0 N–H and O–H groups in total. The summed E-state index contributed by atoms with van der Waals surface area (Å²) in [6.07, 6.45) is 5.49. The van der Waals surface area contributed by atoms with Crippen molar-refractivity contribution in [2.45, 2.75) is 46.5 Å². The number of allylic oxidation sites excluding steroid dienone is 2. The summed E-state index contributed by atoms with van der Waals surface area (Å²) in [5.74, 6) is 0.850. The van der Waals surface area contributed by atoms with Gasteiger partial charge in [-0.1, -0.05) is 25.0 Å². The molecule has 0 aromatic carbocycles. The van der Waals surface area contributed by atoms with Crippen molar-refractivity contribution in [3.05, 3.63) is 11.1 Å². The first-order valence-electron chi connectivity index (χ1n) is 4.37. The Morgan fingerprint density at radius 3 is 2.40 bits per heavy atom. The van der Waals surface area contributed by atoms with Crippen molar-refractivity contribution in [1.82, 2.24) is 0 Å². The van der Waals surface area contributed by atoms with E-state index in [4.69, 9.17) is 0 Å². The predicted molar refractivity (Wildman–Crippen MR) is 46.0 cm³/mol. The first kappa shape index (κ1) is 7.84. The molecule has 0 saturated carbocycles. The van der Waals surface area contributed by atoms with E-state index in [1.54, 1.807) is 11.1 Å². The van der Waals surface area contributed by atoms with Crippen LogP contribution in [0, 0.1) is 5.92 Å². The molecule has 0 aromatic heterocycles. The minimum Gasteiger partial charge on any atom is -0.0741 e. The van der Waals surface area contributed by atoms with Crippen LogP contribution in [0.1, 0.15) is 46.5 Å². The van der Waals surface area contributed by atoms with E-state index in [9.17, 15) is 0 Å². The van der Waals surface area contributed by atoms with E-state index in [1.807, 2.05) is 0 Å². The Balaban J connectivity index is 2.46. The van der Waals surface area contributed by atoms with E-state index in [0.29, 0.717) is 0 Å². The van der Waals surface area contributed by atoms with Gasteiger partial charge in [-0.25, -0.2) is 0 Å². The summed E-state index contributed by atoms with van der Waals surface area (Å²) < 4.78 is 0. The normalized spacial score (nSPS) is 19.2. The van der Waals surface area contributed by atoms with Gasteiger partial charge in [0.25, 0.3) is 0 Å². The Labute approximate surface area is 64.3 Å². The zero-order valence-electron chi connectivity index (χ0n) is 7.41. The van der Waals surface area contributed by atoms with Crippen LogP contribution in [0.25, 0.3) is 0 Å². The SMILES string of the molecule is CC1=C(CC(C)C)CCC1. The predicted octanol–water partition coefficient (Wildman–Crippen LogP) is 3.53. The van der Waals surface area contributed by atoms with Crippen LogP contribution in [0.4, 0.5) is 0 Å². The van der Waals surface area contributed by atoms with Crippen LogP contribution in [0.15, 0.2) is 11.1 Å². The summed E-state index contributed by atoms with van der Waals surface area (Å²) in [5.41, 5.74) is 3.42. The minimum absolute atomic E-state index is 0.850. The Kier molecular flexibility index (Phi) is 2.53. The van der Waals surface area contributed by atoms with Crippen LogP contribution >= 0.6 is 0 Å². The molecule has 0 unspecified atom stereocenters. The molecule has 0 aliphatic heterocycles. The minimum atomic E-state index is 0.850. The van der Waals surface area contributed by atoms with Crippen molar-refractivity contribution in [2.75, 3.05) is 0 Å². The van der Waals surface area contributed by atoms with E-state index >= 15 is 0 Å². The summed E-state index contributed by atoms with van der Waals surface area (Å²) in [6, 6.07) is 0. The first-order valence-corrected chi connectivity index (χ1v) is 4.37. The Morgan fingerprint density at radius 2 is 2.00 bits per heavy atom. The average molecular weight is 138 g/mol. The molecule has 1 aliphatic rings. The monoisotopic (exact) mass is 138 g/mol. The molecule has 0 radical (unpaired) electrons. The molecule has 0 heteroatoms. The lowest BCUT2D eigenvalue weighted by molar-refractivity contribution is 0.629. The van der Waals surface area contributed by atoms with Crippen molar-refractivity contribution < 1.29 is 0 Å². The van der Waals surface area contributed by atoms with Gasteiger partial charge in [-0.15, -0.1) is 0 Å². The maximum atomic E-state index is 2.30. The van der Waals surface area contributed by atoms with E-state index in [1.165, 1.54) is 25.7 Å². The van der Waals surface area contributed by atoms with Gasteiger partial charge in [-0.3, -0.25) is 0 Å². The fourth-order valence-electron chi connectivity index (χ4n) is 1.73. The Hall–Kier alpha value is -0.260. The molecule has 0 spiro atoms. The second-order valence-corrected chi connectivity index (χ2v) is 3.84. The van der Waals surface area contributed by atoms with Crippen LogP contribution in [0.3, 0.4) is 0 Å². The van der Waals surface area contributed by atoms with Gasteiger partial charge in [0.2, 0.25) is 0 Å². The smallest absolute Gasteiger partial charge is 0.0294 e. The van der Waals surface area contributed by atoms with Gasteiger partial charge in [0.1, 0.15) is 0 Å². The third kappa shape index (κ3) is 1.86. The zero-order valence-corrected chi connectivity index (χ0v) is 7.41. The highest BCUT2D eigenvalue weighted by Gasteiger charge is 2.10. The molecule has 0 heterocycles. The molecule has 1 rings (SSSR count). The largest absolute Gasteiger partial charge is 0.0741 e. The summed E-state index contributed by atoms with van der Waals surface area (Å²) in [7, 11) is 0. The maximum Gasteiger partial charge on any atom is -0.0294 e. The summed E-state index contributed by atoms with van der Waals surface area (Å²) in [4.78, 5) is 0. The molecule has 1 aliphatic carbocycles. The molecular formula is C10H18. The third-order valence-electron chi connectivity index (χ3n) is 2.29. The van der Waals surface area contributed by atoms with Crippen molar-refractivity contribution in [2.24, 2.45) is 5.92 Å². The molecule has 0 saturated heterocycles. The Morgan fingerprint density at radius 1 is 1.30 bits per heavy atom. The molecule has 0 amide bonds. The highest BCUT2D eigenvalue weighted by atomic mass is 14.2. The van der Waals surface area contributed by atoms with Gasteiger partial charge >= 0.3 is 0 Å². The molecule has 0 bridgehead atoms. The van der Waals surface area contributed by atoms with E-state index in [0.717, 1.165) is 5.92 Å². The standard InChI is InChI=1S/C10H18/c1-8(2)7-10-6-4-5-9(10)3/h8H,4-7H2,1-3H3. The van der Waals surface area contributed by atoms with Crippen molar-refractivity contribution >= 4 is 0 Å². The van der Waals surface area contributed by atoms with Gasteiger partial charge in [0.15, 0.2) is 0 Å². The molecule has 0 aromatic rings. The van der Waals surface area contributed by atoms with Gasteiger partial charge < -0.3 is 0 Å². The lowest BCUT2D eigenvalue weighted by Gasteiger charge is -2.06. The van der Waals surface area contributed by atoms with Crippen molar-refractivity contribution in [3.8, 4) is 0 Å². The Bertz CT molecular complexity index is 140. The summed E-state index contributed by atoms with van der Waals surface area (Å²) in [6.45, 7) is 6.90. The highest BCUT2D eigenvalue weighted by Crippen LogP contribution is 2.29. The number of hydrogen-bond donors (Lipinski definition) is 0. The second kappa shape index (κ2) is 3.23. The summed E-state index contributed by atoms with van der Waals surface area (Å²) in [5, 5.41) is 0. The zero-order chi connectivity index (χ0) is 7.56. The van der Waals surface area contributed by atoms with Crippen LogP contribution in [-0.4, -0.2) is 0 Å². The molecular weight excluding hydrogens is 120 g/mol. The lowest BCUT2D eigenvalue weighted by Crippen LogP contribution is -1.89. The van der Waals surface area contributed by atoms with E-state index < -0.39 is 0 Å². The fourth-order valence-corrected chi connectivity index (χ4v) is 1.73. The fraction of sp³-hybridized carbons (Fsp3) is 0.800. The molecule has 0 atom stereocenters. The highest BCUT2D eigenvalue weighted by molar-refractivity contribution is 5.17. The molecule has 58 valence electrons.